The van der Waals surface area contributed by atoms with Crippen molar-refractivity contribution in [2.45, 2.75) is 25.3 Å². The lowest BCUT2D eigenvalue weighted by Gasteiger charge is -2.32. The van der Waals surface area contributed by atoms with E-state index in [9.17, 15) is 26.4 Å². The molecule has 0 aliphatic carbocycles. The van der Waals surface area contributed by atoms with Crippen LogP contribution in [0.1, 0.15) is 23.2 Å². The zero-order chi connectivity index (χ0) is 18.8. The van der Waals surface area contributed by atoms with Crippen LogP contribution in [0.4, 0.5) is 18.9 Å². The summed E-state index contributed by atoms with van der Waals surface area (Å²) in [6.07, 6.45) is -4.31. The predicted octanol–water partition coefficient (Wildman–Crippen LogP) is 2.22. The molecule has 0 unspecified atom stereocenters. The molecule has 140 valence electrons. The summed E-state index contributed by atoms with van der Waals surface area (Å²) in [5.74, 6) is -0.306. The number of piperidine rings is 1. The molecule has 10 heteroatoms. The first-order chi connectivity index (χ1) is 11.5. The Hall–Kier alpha value is -1.81. The number of alkyl halides is 3. The summed E-state index contributed by atoms with van der Waals surface area (Å²) in [6.45, 7) is 0.342. The number of nitrogens with zero attached hydrogens (tertiary/aromatic N) is 2. The Kier molecular flexibility index (Phi) is 5.62. The fourth-order valence-electron chi connectivity index (χ4n) is 2.55. The molecule has 1 fully saturated rings. The number of likely N-dealkylation sites (tertiary alicyclic amines) is 1. The molecular formula is C15H19F3N2O4S. The summed E-state index contributed by atoms with van der Waals surface area (Å²) in [4.78, 5) is 13.9. The van der Waals surface area contributed by atoms with E-state index in [-0.39, 0.29) is 31.8 Å². The highest BCUT2D eigenvalue weighted by atomic mass is 32.2. The molecule has 2 rings (SSSR count). The predicted molar refractivity (Wildman–Crippen MR) is 85.8 cm³/mol. The number of hydrogen-bond donors (Lipinski definition) is 0. The lowest BCUT2D eigenvalue weighted by Crippen LogP contribution is -2.42. The highest BCUT2D eigenvalue weighted by Crippen LogP contribution is 2.25. The Morgan fingerprint density at radius 3 is 2.16 bits per heavy atom. The van der Waals surface area contributed by atoms with E-state index in [1.54, 1.807) is 0 Å². The minimum atomic E-state index is -4.67. The topological polar surface area (TPSA) is 66.9 Å². The average Bonchev–Trinajstić information content (AvgIpc) is 2.52. The maximum atomic E-state index is 12.4. The fraction of sp³-hybridized carbons (Fsp3) is 0.533. The van der Waals surface area contributed by atoms with Crippen LogP contribution in [0.2, 0.25) is 0 Å². The van der Waals surface area contributed by atoms with Crippen LogP contribution in [0.15, 0.2) is 24.3 Å². The normalized spacial score (nSPS) is 16.8. The minimum Gasteiger partial charge on any atom is -0.338 e. The molecule has 0 bridgehead atoms. The number of hydrogen-bond acceptors (Lipinski definition) is 4. The molecule has 1 aliphatic heterocycles. The van der Waals surface area contributed by atoms with Gasteiger partial charge in [0.2, 0.25) is 10.0 Å². The largest absolute Gasteiger partial charge is 0.522 e. The monoisotopic (exact) mass is 380 g/mol. The van der Waals surface area contributed by atoms with E-state index in [1.807, 2.05) is 0 Å². The Bertz CT molecular complexity index is 711. The van der Waals surface area contributed by atoms with Crippen molar-refractivity contribution in [3.63, 3.8) is 0 Å². The number of rotatable bonds is 4. The summed E-state index contributed by atoms with van der Waals surface area (Å²) in [5, 5.41) is 0. The van der Waals surface area contributed by atoms with Crippen molar-refractivity contribution in [3.8, 4) is 0 Å². The summed E-state index contributed by atoms with van der Waals surface area (Å²) in [6, 6.07) is 6.01. The van der Waals surface area contributed by atoms with Gasteiger partial charge >= 0.3 is 6.36 Å². The van der Waals surface area contributed by atoms with Gasteiger partial charge < -0.3 is 4.90 Å². The third-order valence-corrected chi connectivity index (χ3v) is 5.21. The summed E-state index contributed by atoms with van der Waals surface area (Å²) in [7, 11) is -2.00. The Morgan fingerprint density at radius 2 is 1.72 bits per heavy atom. The molecule has 1 aromatic carbocycles. The first kappa shape index (κ1) is 19.5. The zero-order valence-corrected chi connectivity index (χ0v) is 14.6. The third-order valence-electron chi connectivity index (χ3n) is 4.00. The van der Waals surface area contributed by atoms with Gasteiger partial charge in [-0.3, -0.25) is 13.8 Å². The summed E-state index contributed by atoms with van der Waals surface area (Å²) < 4.78 is 64.6. The summed E-state index contributed by atoms with van der Waals surface area (Å²) >= 11 is 0. The lowest BCUT2D eigenvalue weighted by molar-refractivity contribution is -0.345. The van der Waals surface area contributed by atoms with Gasteiger partial charge in [-0.1, -0.05) is 0 Å². The molecule has 6 nitrogen and oxygen atoms in total. The van der Waals surface area contributed by atoms with Crippen molar-refractivity contribution in [1.82, 2.24) is 4.90 Å². The highest BCUT2D eigenvalue weighted by Gasteiger charge is 2.35. The van der Waals surface area contributed by atoms with Crippen molar-refractivity contribution in [2.75, 3.05) is 30.7 Å². The minimum absolute atomic E-state index is 0.111. The van der Waals surface area contributed by atoms with Crippen LogP contribution in [0.5, 0.6) is 0 Å². The smallest absolute Gasteiger partial charge is 0.338 e. The van der Waals surface area contributed by atoms with E-state index in [1.165, 1.54) is 36.2 Å². The number of carbonyl (C=O) groups excluding carboxylic acids is 1. The van der Waals surface area contributed by atoms with E-state index < -0.39 is 22.5 Å². The van der Waals surface area contributed by atoms with Crippen LogP contribution >= 0.6 is 0 Å². The number of anilines is 1. The van der Waals surface area contributed by atoms with E-state index in [2.05, 4.69) is 4.74 Å². The maximum Gasteiger partial charge on any atom is 0.522 e. The molecule has 0 spiro atoms. The fourth-order valence-corrected chi connectivity index (χ4v) is 3.06. The van der Waals surface area contributed by atoms with Gasteiger partial charge in [0.05, 0.1) is 18.0 Å². The second-order valence-electron chi connectivity index (χ2n) is 5.83. The number of halogens is 3. The second kappa shape index (κ2) is 7.20. The Morgan fingerprint density at radius 1 is 1.20 bits per heavy atom. The number of benzene rings is 1. The number of amides is 1. The first-order valence-corrected chi connectivity index (χ1v) is 9.40. The second-order valence-corrected chi connectivity index (χ2v) is 7.85. The van der Waals surface area contributed by atoms with Gasteiger partial charge in [-0.05, 0) is 37.1 Å². The quantitative estimate of drug-likeness (QED) is 0.803. The van der Waals surface area contributed by atoms with Crippen LogP contribution in [0, 0.1) is 0 Å². The van der Waals surface area contributed by atoms with Crippen LogP contribution in [0.3, 0.4) is 0 Å². The van der Waals surface area contributed by atoms with Crippen LogP contribution < -0.4 is 4.31 Å². The molecule has 0 radical (unpaired) electrons. The highest BCUT2D eigenvalue weighted by molar-refractivity contribution is 7.92. The van der Waals surface area contributed by atoms with E-state index >= 15 is 0 Å². The van der Waals surface area contributed by atoms with Crippen molar-refractivity contribution in [3.05, 3.63) is 29.8 Å². The van der Waals surface area contributed by atoms with Crippen LogP contribution in [-0.4, -0.2) is 58.1 Å². The molecule has 0 saturated carbocycles. The molecule has 0 aromatic heterocycles. The standard InChI is InChI=1S/C15H19F3N2O4S/c1-19(25(2,22)23)12-5-3-11(4-6-12)14(21)20-9-7-13(8-10-20)24-15(16,17)18/h3-6,13H,7-10H2,1-2H3. The van der Waals surface area contributed by atoms with E-state index in [0.717, 1.165) is 10.6 Å². The van der Waals surface area contributed by atoms with E-state index in [4.69, 9.17) is 0 Å². The van der Waals surface area contributed by atoms with Crippen molar-refractivity contribution >= 4 is 21.6 Å². The van der Waals surface area contributed by atoms with Crippen molar-refractivity contribution < 1.29 is 31.1 Å². The van der Waals surface area contributed by atoms with Gasteiger partial charge in [0, 0.05) is 25.7 Å². The average molecular weight is 380 g/mol. The first-order valence-electron chi connectivity index (χ1n) is 7.55. The molecule has 1 aromatic rings. The zero-order valence-electron chi connectivity index (χ0n) is 13.8. The Balaban J connectivity index is 1.98. The SMILES string of the molecule is CN(c1ccc(C(=O)N2CCC(OC(F)(F)F)CC2)cc1)S(C)(=O)=O. The number of ether oxygens (including phenoxy) is 1. The van der Waals surface area contributed by atoms with Crippen LogP contribution in [0.25, 0.3) is 0 Å². The molecule has 1 aliphatic rings. The van der Waals surface area contributed by atoms with Gasteiger partial charge in [0.25, 0.3) is 5.91 Å². The third kappa shape index (κ3) is 5.33. The van der Waals surface area contributed by atoms with Gasteiger partial charge in [0.1, 0.15) is 0 Å². The molecule has 1 amide bonds. The van der Waals surface area contributed by atoms with Gasteiger partial charge in [-0.15, -0.1) is 13.2 Å². The maximum absolute atomic E-state index is 12.4. The van der Waals surface area contributed by atoms with Crippen molar-refractivity contribution in [2.24, 2.45) is 0 Å². The number of carbonyl (C=O) groups is 1. The van der Waals surface area contributed by atoms with Gasteiger partial charge in [-0.25, -0.2) is 8.42 Å². The molecule has 0 N–H and O–H groups in total. The van der Waals surface area contributed by atoms with Gasteiger partial charge in [0.15, 0.2) is 0 Å². The van der Waals surface area contributed by atoms with Crippen molar-refractivity contribution in [1.29, 1.82) is 0 Å². The lowest BCUT2D eigenvalue weighted by atomic mass is 10.1. The van der Waals surface area contributed by atoms with E-state index in [0.29, 0.717) is 11.3 Å². The number of sulfonamides is 1. The molecular weight excluding hydrogens is 361 g/mol. The van der Waals surface area contributed by atoms with Crippen LogP contribution in [-0.2, 0) is 14.8 Å². The molecule has 0 atom stereocenters. The Labute approximate surface area is 144 Å². The van der Waals surface area contributed by atoms with Gasteiger partial charge in [-0.2, -0.15) is 0 Å². The molecule has 1 saturated heterocycles. The molecule has 25 heavy (non-hydrogen) atoms. The molecule has 1 heterocycles. The summed E-state index contributed by atoms with van der Waals surface area (Å²) in [5.41, 5.74) is 0.761.